The number of nitrogens with two attached hydrogens (primary N) is 1. The normalized spacial score (nSPS) is 24.1. The fraction of sp³-hybridized carbons (Fsp3) is 0.462. The smallest absolute Gasteiger partial charge is 0.254 e. The largest absolute Gasteiger partial charge is 0.399 e. The van der Waals surface area contributed by atoms with Crippen LogP contribution in [0.5, 0.6) is 0 Å². The van der Waals surface area contributed by atoms with Crippen LogP contribution in [0.3, 0.4) is 0 Å². The number of nitrogens with zero attached hydrogens (tertiary/aromatic N) is 2. The zero-order valence-corrected chi connectivity index (χ0v) is 19.0. The number of nitrogen functional groups attached to an aromatic ring is 1. The summed E-state index contributed by atoms with van der Waals surface area (Å²) >= 11 is 0. The van der Waals surface area contributed by atoms with Gasteiger partial charge in [0.2, 0.25) is 0 Å². The van der Waals surface area contributed by atoms with Crippen LogP contribution in [0.4, 0.5) is 5.69 Å². The minimum atomic E-state index is -0.0762. The lowest BCUT2D eigenvalue weighted by Crippen LogP contribution is -2.37. The molecule has 5 heteroatoms. The van der Waals surface area contributed by atoms with Gasteiger partial charge in [-0.3, -0.25) is 9.59 Å². The van der Waals surface area contributed by atoms with Crippen molar-refractivity contribution < 1.29 is 9.59 Å². The zero-order valence-electron chi connectivity index (χ0n) is 19.0. The molecule has 2 amide bonds. The summed E-state index contributed by atoms with van der Waals surface area (Å²) in [6.45, 7) is 8.29. The molecule has 1 aliphatic heterocycles. The molecule has 1 saturated carbocycles. The van der Waals surface area contributed by atoms with Gasteiger partial charge in [-0.2, -0.15) is 0 Å². The molecule has 0 spiro atoms. The van der Waals surface area contributed by atoms with Gasteiger partial charge in [0.1, 0.15) is 0 Å². The van der Waals surface area contributed by atoms with E-state index in [4.69, 9.17) is 5.73 Å². The van der Waals surface area contributed by atoms with Crippen molar-refractivity contribution in [3.05, 3.63) is 65.2 Å². The van der Waals surface area contributed by atoms with E-state index in [1.165, 1.54) is 6.42 Å². The first-order chi connectivity index (χ1) is 14.6. The number of carbonyl (C=O) groups is 2. The highest BCUT2D eigenvalue weighted by Crippen LogP contribution is 2.52. The molecule has 4 rings (SSSR count). The van der Waals surface area contributed by atoms with E-state index in [2.05, 4.69) is 25.7 Å². The molecule has 2 N–H and O–H groups in total. The number of anilines is 1. The van der Waals surface area contributed by atoms with Gasteiger partial charge in [-0.05, 0) is 66.0 Å². The van der Waals surface area contributed by atoms with Crippen molar-refractivity contribution in [2.75, 3.05) is 19.3 Å². The van der Waals surface area contributed by atoms with Crippen LogP contribution in [0.25, 0.3) is 0 Å². The summed E-state index contributed by atoms with van der Waals surface area (Å²) in [4.78, 5) is 29.7. The monoisotopic (exact) mass is 419 g/mol. The average molecular weight is 420 g/mol. The van der Waals surface area contributed by atoms with Crippen LogP contribution >= 0.6 is 0 Å². The van der Waals surface area contributed by atoms with Crippen LogP contribution < -0.4 is 5.73 Å². The van der Waals surface area contributed by atoms with Gasteiger partial charge in [-0.25, -0.2) is 0 Å². The average Bonchev–Trinajstić information content (AvgIpc) is 2.96. The molecule has 2 aliphatic rings. The van der Waals surface area contributed by atoms with Gasteiger partial charge in [0.25, 0.3) is 11.8 Å². The molecule has 2 aromatic carbocycles. The Kier molecular flexibility index (Phi) is 5.32. The quantitative estimate of drug-likeness (QED) is 0.738. The van der Waals surface area contributed by atoms with Crippen molar-refractivity contribution in [2.24, 2.45) is 10.8 Å². The first kappa shape index (κ1) is 21.4. The number of fused-ring (bicyclic) bond motifs is 2. The number of hydrogen-bond acceptors (Lipinski definition) is 3. The molecule has 2 atom stereocenters. The number of benzene rings is 2. The second kappa shape index (κ2) is 7.70. The van der Waals surface area contributed by atoms with E-state index in [0.29, 0.717) is 23.8 Å². The van der Waals surface area contributed by atoms with Crippen molar-refractivity contribution in [1.82, 2.24) is 9.80 Å². The molecule has 31 heavy (non-hydrogen) atoms. The Balaban J connectivity index is 1.42. The lowest BCUT2D eigenvalue weighted by Gasteiger charge is -2.39. The summed E-state index contributed by atoms with van der Waals surface area (Å²) in [5.74, 6) is 0.0508. The molecule has 164 valence electrons. The first-order valence-electron chi connectivity index (χ1n) is 11.1. The van der Waals surface area contributed by atoms with Crippen LogP contribution in [0.15, 0.2) is 48.5 Å². The fourth-order valence-electron chi connectivity index (χ4n) is 5.85. The van der Waals surface area contributed by atoms with Crippen molar-refractivity contribution >= 4 is 17.5 Å². The maximum Gasteiger partial charge on any atom is 0.254 e. The molecule has 2 bridgehead atoms. The van der Waals surface area contributed by atoms with E-state index in [0.717, 1.165) is 30.5 Å². The van der Waals surface area contributed by atoms with Crippen molar-refractivity contribution in [3.8, 4) is 0 Å². The highest BCUT2D eigenvalue weighted by molar-refractivity contribution is 5.95. The summed E-state index contributed by atoms with van der Waals surface area (Å²) < 4.78 is 0. The molecule has 2 aromatic rings. The zero-order chi connectivity index (χ0) is 22.4. The van der Waals surface area contributed by atoms with E-state index in [9.17, 15) is 9.59 Å². The SMILES string of the molecule is CN(Cc1ccc(C(=O)N2CC3(C)CC2CC(C)(C)C3)cc1)C(=O)c1cccc(N)c1. The van der Waals surface area contributed by atoms with Crippen LogP contribution in [-0.2, 0) is 6.54 Å². The highest BCUT2D eigenvalue weighted by atomic mass is 16.2. The maximum atomic E-state index is 13.3. The Hall–Kier alpha value is -2.82. The van der Waals surface area contributed by atoms with E-state index in [1.807, 2.05) is 24.3 Å². The Morgan fingerprint density at radius 2 is 1.77 bits per heavy atom. The maximum absolute atomic E-state index is 13.3. The van der Waals surface area contributed by atoms with Gasteiger partial charge >= 0.3 is 0 Å². The molecular weight excluding hydrogens is 386 g/mol. The van der Waals surface area contributed by atoms with Gasteiger partial charge in [0.15, 0.2) is 0 Å². The molecule has 1 heterocycles. The minimum absolute atomic E-state index is 0.0762. The molecule has 0 radical (unpaired) electrons. The first-order valence-corrected chi connectivity index (χ1v) is 11.1. The molecule has 1 saturated heterocycles. The second-order valence-electron chi connectivity index (χ2n) is 10.6. The number of rotatable bonds is 4. The van der Waals surface area contributed by atoms with Crippen molar-refractivity contribution in [3.63, 3.8) is 0 Å². The van der Waals surface area contributed by atoms with Crippen molar-refractivity contribution in [2.45, 2.75) is 52.6 Å². The Labute approximate surface area is 185 Å². The number of hydrogen-bond donors (Lipinski definition) is 1. The fourth-order valence-corrected chi connectivity index (χ4v) is 5.85. The van der Waals surface area contributed by atoms with E-state index < -0.39 is 0 Å². The van der Waals surface area contributed by atoms with Crippen LogP contribution in [-0.4, -0.2) is 41.2 Å². The summed E-state index contributed by atoms with van der Waals surface area (Å²) in [5, 5.41) is 0. The lowest BCUT2D eigenvalue weighted by atomic mass is 9.65. The molecule has 2 fully saturated rings. The molecule has 2 unspecified atom stereocenters. The predicted molar refractivity (Wildman–Crippen MR) is 124 cm³/mol. The summed E-state index contributed by atoms with van der Waals surface area (Å²) in [5.41, 5.74) is 9.18. The molecule has 1 aliphatic carbocycles. The van der Waals surface area contributed by atoms with Crippen molar-refractivity contribution in [1.29, 1.82) is 0 Å². The van der Waals surface area contributed by atoms with Gasteiger partial charge in [-0.15, -0.1) is 0 Å². The minimum Gasteiger partial charge on any atom is -0.399 e. The molecule has 5 nitrogen and oxygen atoms in total. The van der Waals surface area contributed by atoms with Crippen LogP contribution in [0, 0.1) is 10.8 Å². The number of carbonyl (C=O) groups excluding carboxylic acids is 2. The Bertz CT molecular complexity index is 998. The van der Waals surface area contributed by atoms with Crippen LogP contribution in [0.2, 0.25) is 0 Å². The Morgan fingerprint density at radius 1 is 1.06 bits per heavy atom. The summed E-state index contributed by atoms with van der Waals surface area (Å²) in [6.07, 6.45) is 3.35. The predicted octanol–water partition coefficient (Wildman–Crippen LogP) is 4.58. The number of likely N-dealkylation sites (tertiary alicyclic amines) is 1. The van der Waals surface area contributed by atoms with Gasteiger partial charge in [0, 0.05) is 43.0 Å². The van der Waals surface area contributed by atoms with Crippen LogP contribution in [0.1, 0.15) is 66.3 Å². The summed E-state index contributed by atoms with van der Waals surface area (Å²) in [7, 11) is 1.78. The van der Waals surface area contributed by atoms with Gasteiger partial charge in [0.05, 0.1) is 0 Å². The van der Waals surface area contributed by atoms with E-state index in [1.54, 1.807) is 36.2 Å². The Morgan fingerprint density at radius 3 is 2.45 bits per heavy atom. The second-order valence-corrected chi connectivity index (χ2v) is 10.6. The van der Waals surface area contributed by atoms with Gasteiger partial charge in [-0.1, -0.05) is 39.0 Å². The number of amides is 2. The third-order valence-corrected chi connectivity index (χ3v) is 6.78. The lowest BCUT2D eigenvalue weighted by molar-refractivity contribution is 0.0707. The van der Waals surface area contributed by atoms with E-state index >= 15 is 0 Å². The third-order valence-electron chi connectivity index (χ3n) is 6.78. The third kappa shape index (κ3) is 4.46. The molecule has 0 aromatic heterocycles. The van der Waals surface area contributed by atoms with Gasteiger partial charge < -0.3 is 15.5 Å². The summed E-state index contributed by atoms with van der Waals surface area (Å²) in [6, 6.07) is 15.0. The molecular formula is C26H33N3O2. The van der Waals surface area contributed by atoms with E-state index in [-0.39, 0.29) is 22.6 Å². The highest BCUT2D eigenvalue weighted by Gasteiger charge is 2.50. The standard InChI is InChI=1S/C26H33N3O2/c1-25(2)13-22-14-26(3,16-25)17-29(22)24(31)19-10-8-18(9-11-19)15-28(4)23(30)20-6-5-7-21(27)12-20/h5-12,22H,13-17,27H2,1-4H3. The topological polar surface area (TPSA) is 66.6 Å².